The van der Waals surface area contributed by atoms with Gasteiger partial charge in [-0.3, -0.25) is 4.79 Å². The zero-order valence-electron chi connectivity index (χ0n) is 11.8. The van der Waals surface area contributed by atoms with E-state index in [0.717, 1.165) is 25.7 Å². The van der Waals surface area contributed by atoms with Crippen LogP contribution in [0.25, 0.3) is 0 Å². The van der Waals surface area contributed by atoms with Gasteiger partial charge in [0.15, 0.2) is 0 Å². The minimum atomic E-state index is -0.470. The van der Waals surface area contributed by atoms with E-state index >= 15 is 0 Å². The SMILES string of the molecule is CCC(C)NC1(C(N)=O)CCCCC1C(C)C. The molecule has 0 saturated heterocycles. The van der Waals surface area contributed by atoms with E-state index in [2.05, 4.69) is 33.0 Å². The lowest BCUT2D eigenvalue weighted by Gasteiger charge is -2.46. The molecule has 0 radical (unpaired) electrons. The highest BCUT2D eigenvalue weighted by Gasteiger charge is 2.47. The second-order valence-electron chi connectivity index (χ2n) is 5.89. The Balaban J connectivity index is 2.96. The molecule has 1 rings (SSSR count). The van der Waals surface area contributed by atoms with Gasteiger partial charge in [0.1, 0.15) is 5.54 Å². The summed E-state index contributed by atoms with van der Waals surface area (Å²) >= 11 is 0. The lowest BCUT2D eigenvalue weighted by molar-refractivity contribution is -0.130. The number of nitrogens with one attached hydrogen (secondary N) is 1. The fraction of sp³-hybridized carbons (Fsp3) is 0.929. The van der Waals surface area contributed by atoms with Crippen molar-refractivity contribution in [1.29, 1.82) is 0 Å². The number of nitrogens with two attached hydrogens (primary N) is 1. The summed E-state index contributed by atoms with van der Waals surface area (Å²) in [5.41, 5.74) is 5.26. The van der Waals surface area contributed by atoms with Crippen LogP contribution in [0.15, 0.2) is 0 Å². The van der Waals surface area contributed by atoms with Gasteiger partial charge < -0.3 is 11.1 Å². The molecule has 1 saturated carbocycles. The second-order valence-corrected chi connectivity index (χ2v) is 5.89. The molecule has 3 nitrogen and oxygen atoms in total. The number of rotatable bonds is 5. The third-order valence-electron chi connectivity index (χ3n) is 4.33. The molecule has 0 aromatic carbocycles. The van der Waals surface area contributed by atoms with Crippen LogP contribution in [-0.2, 0) is 4.79 Å². The minimum Gasteiger partial charge on any atom is -0.368 e. The maximum atomic E-state index is 12.0. The Bertz CT molecular complexity index is 265. The van der Waals surface area contributed by atoms with Crippen LogP contribution in [0.5, 0.6) is 0 Å². The third-order valence-corrected chi connectivity index (χ3v) is 4.33. The first-order valence-corrected chi connectivity index (χ1v) is 7.01. The standard InChI is InChI=1S/C14H28N2O/c1-5-11(4)16-14(13(15)17)9-7-6-8-12(14)10(2)3/h10-12,16H,5-9H2,1-4H3,(H2,15,17). The van der Waals surface area contributed by atoms with Crippen molar-refractivity contribution in [3.05, 3.63) is 0 Å². The Labute approximate surface area is 106 Å². The van der Waals surface area contributed by atoms with Gasteiger partial charge in [-0.2, -0.15) is 0 Å². The quantitative estimate of drug-likeness (QED) is 0.775. The van der Waals surface area contributed by atoms with Crippen LogP contribution in [-0.4, -0.2) is 17.5 Å². The van der Waals surface area contributed by atoms with E-state index in [1.807, 2.05) is 0 Å². The molecule has 0 aliphatic heterocycles. The van der Waals surface area contributed by atoms with Gasteiger partial charge in [-0.1, -0.05) is 33.6 Å². The molecule has 3 unspecified atom stereocenters. The van der Waals surface area contributed by atoms with Gasteiger partial charge in [-0.15, -0.1) is 0 Å². The molecule has 1 aliphatic rings. The number of primary amides is 1. The summed E-state index contributed by atoms with van der Waals surface area (Å²) in [6, 6.07) is 0.349. The molecular weight excluding hydrogens is 212 g/mol. The number of hydrogen-bond acceptors (Lipinski definition) is 2. The maximum absolute atomic E-state index is 12.0. The molecule has 0 aromatic heterocycles. The molecule has 0 aromatic rings. The maximum Gasteiger partial charge on any atom is 0.238 e. The van der Waals surface area contributed by atoms with Crippen molar-refractivity contribution in [3.63, 3.8) is 0 Å². The normalized spacial score (nSPS) is 31.5. The van der Waals surface area contributed by atoms with Crippen molar-refractivity contribution < 1.29 is 4.79 Å². The van der Waals surface area contributed by atoms with Gasteiger partial charge in [-0.25, -0.2) is 0 Å². The van der Waals surface area contributed by atoms with Crippen LogP contribution in [0, 0.1) is 11.8 Å². The van der Waals surface area contributed by atoms with E-state index in [1.165, 1.54) is 6.42 Å². The van der Waals surface area contributed by atoms with Gasteiger partial charge in [0.05, 0.1) is 0 Å². The zero-order valence-corrected chi connectivity index (χ0v) is 11.8. The van der Waals surface area contributed by atoms with E-state index in [1.54, 1.807) is 0 Å². The van der Waals surface area contributed by atoms with Crippen LogP contribution < -0.4 is 11.1 Å². The fourth-order valence-corrected chi connectivity index (χ4v) is 3.20. The van der Waals surface area contributed by atoms with Gasteiger partial charge in [0.25, 0.3) is 0 Å². The lowest BCUT2D eigenvalue weighted by atomic mass is 9.67. The van der Waals surface area contributed by atoms with Crippen LogP contribution in [0.1, 0.15) is 59.8 Å². The van der Waals surface area contributed by atoms with Gasteiger partial charge in [0.2, 0.25) is 5.91 Å². The molecule has 17 heavy (non-hydrogen) atoms. The monoisotopic (exact) mass is 240 g/mol. The van der Waals surface area contributed by atoms with E-state index in [9.17, 15) is 4.79 Å². The largest absolute Gasteiger partial charge is 0.368 e. The smallest absolute Gasteiger partial charge is 0.238 e. The Morgan fingerprint density at radius 2 is 2.06 bits per heavy atom. The zero-order chi connectivity index (χ0) is 13.1. The van der Waals surface area contributed by atoms with E-state index < -0.39 is 5.54 Å². The van der Waals surface area contributed by atoms with Crippen molar-refractivity contribution in [3.8, 4) is 0 Å². The molecule has 3 N–H and O–H groups in total. The molecule has 3 heteroatoms. The number of amides is 1. The summed E-state index contributed by atoms with van der Waals surface area (Å²) in [6.07, 6.45) is 5.37. The van der Waals surface area contributed by atoms with Gasteiger partial charge >= 0.3 is 0 Å². The van der Waals surface area contributed by atoms with E-state index in [-0.39, 0.29) is 5.91 Å². The predicted octanol–water partition coefficient (Wildman–Crippen LogP) is 2.44. The van der Waals surface area contributed by atoms with Gasteiger partial charge in [0, 0.05) is 6.04 Å². The Hall–Kier alpha value is -0.570. The van der Waals surface area contributed by atoms with E-state index in [4.69, 9.17) is 5.73 Å². The lowest BCUT2D eigenvalue weighted by Crippen LogP contribution is -2.64. The first-order chi connectivity index (χ1) is 7.94. The summed E-state index contributed by atoms with van der Waals surface area (Å²) in [4.78, 5) is 12.0. The minimum absolute atomic E-state index is 0.156. The predicted molar refractivity (Wildman–Crippen MR) is 71.6 cm³/mol. The summed E-state index contributed by atoms with van der Waals surface area (Å²) in [6.45, 7) is 8.67. The molecule has 3 atom stereocenters. The van der Waals surface area contributed by atoms with Crippen LogP contribution in [0.4, 0.5) is 0 Å². The molecule has 100 valence electrons. The van der Waals surface area contributed by atoms with Crippen molar-refractivity contribution in [2.75, 3.05) is 0 Å². The summed E-state index contributed by atoms with van der Waals surface area (Å²) in [7, 11) is 0. The first-order valence-electron chi connectivity index (χ1n) is 7.01. The van der Waals surface area contributed by atoms with E-state index in [0.29, 0.717) is 17.9 Å². The summed E-state index contributed by atoms with van der Waals surface area (Å²) < 4.78 is 0. The first kappa shape index (κ1) is 14.5. The van der Waals surface area contributed by atoms with Crippen molar-refractivity contribution in [2.24, 2.45) is 17.6 Å². The Kier molecular flexibility index (Phi) is 4.99. The highest BCUT2D eigenvalue weighted by atomic mass is 16.1. The Morgan fingerprint density at radius 3 is 2.53 bits per heavy atom. The number of carbonyl (C=O) groups is 1. The van der Waals surface area contributed by atoms with Crippen molar-refractivity contribution in [2.45, 2.75) is 71.4 Å². The highest BCUT2D eigenvalue weighted by Crippen LogP contribution is 2.38. The molecule has 1 aliphatic carbocycles. The molecule has 1 fully saturated rings. The highest BCUT2D eigenvalue weighted by molar-refractivity contribution is 5.85. The number of carbonyl (C=O) groups excluding carboxylic acids is 1. The molecule has 1 amide bonds. The molecular formula is C14H28N2O. The van der Waals surface area contributed by atoms with Gasteiger partial charge in [-0.05, 0) is 38.0 Å². The van der Waals surface area contributed by atoms with Crippen LogP contribution in [0.2, 0.25) is 0 Å². The van der Waals surface area contributed by atoms with Crippen LogP contribution >= 0.6 is 0 Å². The third kappa shape index (κ3) is 3.01. The number of hydrogen-bond donors (Lipinski definition) is 2. The summed E-state index contributed by atoms with van der Waals surface area (Å²) in [5, 5.41) is 3.54. The molecule has 0 spiro atoms. The molecule has 0 bridgehead atoms. The average Bonchev–Trinajstić information content (AvgIpc) is 2.28. The van der Waals surface area contributed by atoms with Crippen molar-refractivity contribution >= 4 is 5.91 Å². The van der Waals surface area contributed by atoms with Crippen LogP contribution in [0.3, 0.4) is 0 Å². The topological polar surface area (TPSA) is 55.1 Å². The Morgan fingerprint density at radius 1 is 1.41 bits per heavy atom. The van der Waals surface area contributed by atoms with Crippen molar-refractivity contribution in [1.82, 2.24) is 5.32 Å². The summed E-state index contributed by atoms with van der Waals surface area (Å²) in [5.74, 6) is 0.721. The molecule has 0 heterocycles. The second kappa shape index (κ2) is 5.85. The average molecular weight is 240 g/mol. The fourth-order valence-electron chi connectivity index (χ4n) is 3.20.